The van der Waals surface area contributed by atoms with Crippen molar-refractivity contribution in [1.82, 2.24) is 9.88 Å². The van der Waals surface area contributed by atoms with Gasteiger partial charge in [0.1, 0.15) is 6.04 Å². The van der Waals surface area contributed by atoms with Crippen molar-refractivity contribution in [2.24, 2.45) is 0 Å². The molecule has 132 valence electrons. The van der Waals surface area contributed by atoms with E-state index in [9.17, 15) is 9.59 Å². The summed E-state index contributed by atoms with van der Waals surface area (Å²) < 4.78 is 1.09. The average molecular weight is 376 g/mol. The number of carbonyl (C=O) groups is 2. The maximum absolute atomic E-state index is 13.3. The molecule has 0 spiro atoms. The highest BCUT2D eigenvalue weighted by atomic mass is 32.2. The van der Waals surface area contributed by atoms with Crippen LogP contribution in [-0.4, -0.2) is 44.9 Å². The van der Waals surface area contributed by atoms with E-state index in [0.717, 1.165) is 27.3 Å². The summed E-state index contributed by atoms with van der Waals surface area (Å²) in [4.78, 5) is 33.6. The Kier molecular flexibility index (Phi) is 4.03. The summed E-state index contributed by atoms with van der Waals surface area (Å²) in [6, 6.07) is 5.71. The number of likely N-dealkylation sites (N-methyl/N-ethyl adjacent to an activating group) is 1. The Balaban J connectivity index is 1.67. The Morgan fingerprint density at radius 3 is 3.00 bits per heavy atom. The lowest BCUT2D eigenvalue weighted by Gasteiger charge is -2.32. The molecule has 5 nitrogen and oxygen atoms in total. The summed E-state index contributed by atoms with van der Waals surface area (Å²) in [5, 5.41) is 0.724. The van der Waals surface area contributed by atoms with Crippen molar-refractivity contribution < 1.29 is 9.59 Å². The molecule has 2 aromatic rings. The Morgan fingerprint density at radius 2 is 2.28 bits per heavy atom. The summed E-state index contributed by atoms with van der Waals surface area (Å²) in [6.07, 6.45) is 1.37. The predicted octanol–water partition coefficient (Wildman–Crippen LogP) is 3.41. The molecule has 25 heavy (non-hydrogen) atoms. The fourth-order valence-corrected chi connectivity index (χ4v) is 6.29. The number of nitrogens with zero attached hydrogens (tertiary/aromatic N) is 3. The molecule has 0 saturated carbocycles. The van der Waals surface area contributed by atoms with Crippen LogP contribution in [0.1, 0.15) is 32.3 Å². The molecule has 2 aliphatic rings. The molecule has 0 aliphatic carbocycles. The summed E-state index contributed by atoms with van der Waals surface area (Å²) in [7, 11) is 0. The van der Waals surface area contributed by atoms with Crippen molar-refractivity contribution in [3.8, 4) is 0 Å². The number of rotatable bonds is 3. The van der Waals surface area contributed by atoms with Crippen LogP contribution < -0.4 is 4.90 Å². The highest BCUT2D eigenvalue weighted by Crippen LogP contribution is 2.47. The molecule has 1 aromatic carbocycles. The highest BCUT2D eigenvalue weighted by Gasteiger charge is 2.53. The van der Waals surface area contributed by atoms with Gasteiger partial charge in [0.15, 0.2) is 5.13 Å². The SMILES string of the molecule is CCN(C(=O)[C@H]1CS[C@@]2(C)CCC(=O)N12)c1nc2c(C)cccc2s1. The Bertz CT molecular complexity index is 865. The molecule has 0 unspecified atom stereocenters. The van der Waals surface area contributed by atoms with E-state index in [2.05, 4.69) is 6.92 Å². The van der Waals surface area contributed by atoms with E-state index in [1.165, 1.54) is 0 Å². The summed E-state index contributed by atoms with van der Waals surface area (Å²) in [5.41, 5.74) is 2.07. The van der Waals surface area contributed by atoms with Crippen LogP contribution in [-0.2, 0) is 9.59 Å². The second-order valence-corrected chi connectivity index (χ2v) is 9.28. The van der Waals surface area contributed by atoms with E-state index in [0.29, 0.717) is 18.7 Å². The van der Waals surface area contributed by atoms with Gasteiger partial charge in [-0.3, -0.25) is 14.5 Å². The minimum absolute atomic E-state index is 0.00863. The van der Waals surface area contributed by atoms with E-state index in [4.69, 9.17) is 4.98 Å². The number of hydrogen-bond acceptors (Lipinski definition) is 5. The standard InChI is InChI=1S/C18H21N3O2S2/c1-4-20(17-19-15-11(2)6-5-7-13(15)25-17)16(23)12-10-24-18(3)9-8-14(22)21(12)18/h5-7,12H,4,8-10H2,1-3H3/t12-,18+/m1/s1. The Labute approximate surface area is 155 Å². The van der Waals surface area contributed by atoms with E-state index >= 15 is 0 Å². The smallest absolute Gasteiger partial charge is 0.252 e. The first-order chi connectivity index (χ1) is 11.9. The predicted molar refractivity (Wildman–Crippen MR) is 103 cm³/mol. The monoisotopic (exact) mass is 375 g/mol. The third kappa shape index (κ3) is 2.56. The normalized spacial score (nSPS) is 25.6. The van der Waals surface area contributed by atoms with Gasteiger partial charge in [-0.15, -0.1) is 11.8 Å². The first-order valence-corrected chi connectivity index (χ1v) is 10.4. The summed E-state index contributed by atoms with van der Waals surface area (Å²) >= 11 is 3.27. The first kappa shape index (κ1) is 16.8. The molecule has 2 aliphatic heterocycles. The molecule has 7 heteroatoms. The van der Waals surface area contributed by atoms with Crippen molar-refractivity contribution in [1.29, 1.82) is 0 Å². The third-order valence-electron chi connectivity index (χ3n) is 5.15. The van der Waals surface area contributed by atoms with Crippen LogP contribution in [0.4, 0.5) is 5.13 Å². The molecule has 2 saturated heterocycles. The fraction of sp³-hybridized carbons (Fsp3) is 0.500. The van der Waals surface area contributed by atoms with E-state index < -0.39 is 0 Å². The van der Waals surface area contributed by atoms with Gasteiger partial charge in [-0.2, -0.15) is 0 Å². The van der Waals surface area contributed by atoms with Gasteiger partial charge < -0.3 is 4.90 Å². The van der Waals surface area contributed by atoms with Crippen LogP contribution in [0.3, 0.4) is 0 Å². The second-order valence-electron chi connectivity index (χ2n) is 6.77. The summed E-state index contributed by atoms with van der Waals surface area (Å²) in [6.45, 7) is 6.63. The molecule has 4 rings (SSSR count). The Hall–Kier alpha value is -1.60. The third-order valence-corrected chi connectivity index (χ3v) is 7.70. The van der Waals surface area contributed by atoms with Gasteiger partial charge in [-0.1, -0.05) is 23.5 Å². The van der Waals surface area contributed by atoms with E-state index in [-0.39, 0.29) is 22.7 Å². The lowest BCUT2D eigenvalue weighted by atomic mass is 10.2. The molecular formula is C18H21N3O2S2. The number of amides is 2. The quantitative estimate of drug-likeness (QED) is 0.825. The minimum Gasteiger partial charge on any atom is -0.315 e. The lowest BCUT2D eigenvalue weighted by Crippen LogP contribution is -2.51. The second kappa shape index (κ2) is 5.99. The maximum atomic E-state index is 13.3. The molecule has 0 N–H and O–H groups in total. The zero-order valence-electron chi connectivity index (χ0n) is 14.6. The van der Waals surface area contributed by atoms with Gasteiger partial charge in [-0.25, -0.2) is 4.98 Å². The van der Waals surface area contributed by atoms with Crippen LogP contribution in [0.25, 0.3) is 10.2 Å². The molecule has 2 amide bonds. The molecule has 2 fully saturated rings. The molecule has 1 aromatic heterocycles. The van der Waals surface area contributed by atoms with Gasteiger partial charge in [-0.05, 0) is 38.8 Å². The first-order valence-electron chi connectivity index (χ1n) is 8.58. The number of aromatic nitrogens is 1. The van der Waals surface area contributed by atoms with Crippen LogP contribution in [0.5, 0.6) is 0 Å². The van der Waals surface area contributed by atoms with E-state index in [1.54, 1.807) is 28.0 Å². The van der Waals surface area contributed by atoms with Crippen LogP contribution in [0.15, 0.2) is 18.2 Å². The molecule has 2 atom stereocenters. The van der Waals surface area contributed by atoms with Crippen LogP contribution in [0.2, 0.25) is 0 Å². The fourth-order valence-electron chi connectivity index (χ4n) is 3.76. The Morgan fingerprint density at radius 1 is 1.48 bits per heavy atom. The lowest BCUT2D eigenvalue weighted by molar-refractivity contribution is -0.136. The number of thioether (sulfide) groups is 1. The number of anilines is 1. The molecule has 0 bridgehead atoms. The zero-order valence-corrected chi connectivity index (χ0v) is 16.2. The van der Waals surface area contributed by atoms with Crippen molar-refractivity contribution >= 4 is 50.3 Å². The molecule has 3 heterocycles. The number of aryl methyl sites for hydroxylation is 1. The minimum atomic E-state index is -0.377. The van der Waals surface area contributed by atoms with Gasteiger partial charge in [0, 0.05) is 18.7 Å². The van der Waals surface area contributed by atoms with Gasteiger partial charge in [0.05, 0.1) is 15.1 Å². The number of hydrogen-bond donors (Lipinski definition) is 0. The zero-order chi connectivity index (χ0) is 17.8. The van der Waals surface area contributed by atoms with E-state index in [1.807, 2.05) is 36.9 Å². The number of benzene rings is 1. The molecule has 0 radical (unpaired) electrons. The van der Waals surface area contributed by atoms with Crippen molar-refractivity contribution in [2.45, 2.75) is 44.5 Å². The number of para-hydroxylation sites is 1. The number of thiazole rings is 1. The van der Waals surface area contributed by atoms with Crippen molar-refractivity contribution in [3.63, 3.8) is 0 Å². The van der Waals surface area contributed by atoms with Gasteiger partial charge in [0.25, 0.3) is 5.91 Å². The van der Waals surface area contributed by atoms with Crippen molar-refractivity contribution in [3.05, 3.63) is 23.8 Å². The maximum Gasteiger partial charge on any atom is 0.252 e. The van der Waals surface area contributed by atoms with Gasteiger partial charge >= 0.3 is 0 Å². The topological polar surface area (TPSA) is 53.5 Å². The largest absolute Gasteiger partial charge is 0.315 e. The number of carbonyl (C=O) groups excluding carboxylic acids is 2. The average Bonchev–Trinajstić information content (AvgIpc) is 3.23. The van der Waals surface area contributed by atoms with Crippen LogP contribution >= 0.6 is 23.1 Å². The molecular weight excluding hydrogens is 354 g/mol. The van der Waals surface area contributed by atoms with Crippen LogP contribution in [0, 0.1) is 6.92 Å². The van der Waals surface area contributed by atoms with Crippen molar-refractivity contribution in [2.75, 3.05) is 17.2 Å². The van der Waals surface area contributed by atoms with Gasteiger partial charge in [0.2, 0.25) is 5.91 Å². The highest BCUT2D eigenvalue weighted by molar-refractivity contribution is 8.01. The summed E-state index contributed by atoms with van der Waals surface area (Å²) in [5.74, 6) is 0.759. The number of fused-ring (bicyclic) bond motifs is 2.